The third kappa shape index (κ3) is 1.62. The van der Waals surface area contributed by atoms with Crippen LogP contribution in [-0.2, 0) is 5.54 Å². The van der Waals surface area contributed by atoms with Crippen molar-refractivity contribution in [2.75, 3.05) is 19.6 Å². The Labute approximate surface area is 122 Å². The van der Waals surface area contributed by atoms with E-state index >= 15 is 0 Å². The summed E-state index contributed by atoms with van der Waals surface area (Å²) in [6.45, 7) is 3.33. The Balaban J connectivity index is 1.55. The molecule has 0 radical (unpaired) electrons. The lowest BCUT2D eigenvalue weighted by Gasteiger charge is -2.47. The molecule has 2 saturated heterocycles. The number of hydrogen-bond acceptors (Lipinski definition) is 5. The van der Waals surface area contributed by atoms with Crippen molar-refractivity contribution in [2.45, 2.75) is 11.6 Å². The van der Waals surface area contributed by atoms with Crippen molar-refractivity contribution in [1.29, 1.82) is 5.26 Å². The average molecular weight is 284 g/mol. The van der Waals surface area contributed by atoms with E-state index in [0.717, 1.165) is 30.4 Å². The molecule has 1 aromatic heterocycles. The molecule has 20 heavy (non-hydrogen) atoms. The van der Waals surface area contributed by atoms with Gasteiger partial charge in [0.05, 0.1) is 5.70 Å². The van der Waals surface area contributed by atoms with Gasteiger partial charge in [0.25, 0.3) is 0 Å². The van der Waals surface area contributed by atoms with Gasteiger partial charge in [-0.1, -0.05) is 6.07 Å². The largest absolute Gasteiger partial charge is 0.365 e. The highest BCUT2D eigenvalue weighted by Gasteiger charge is 2.43. The molecule has 0 spiro atoms. The number of nitrogens with zero attached hydrogens (tertiary/aromatic N) is 2. The van der Waals surface area contributed by atoms with Gasteiger partial charge in [-0.25, -0.2) is 0 Å². The lowest BCUT2D eigenvalue weighted by Crippen LogP contribution is -2.55. The first-order chi connectivity index (χ1) is 9.82. The normalized spacial score (nSPS) is 34.8. The van der Waals surface area contributed by atoms with Crippen LogP contribution in [0.5, 0.6) is 0 Å². The number of likely N-dealkylation sites (tertiary alicyclic amines) is 1. The molecule has 0 bridgehead atoms. The molecule has 4 heterocycles. The quantitative estimate of drug-likeness (QED) is 0.861. The maximum Gasteiger partial charge on any atom is 0.179 e. The summed E-state index contributed by atoms with van der Waals surface area (Å²) in [5.41, 5.74) is 0.493. The topological polar surface area (TPSA) is 51.1 Å². The highest BCUT2D eigenvalue weighted by Crippen LogP contribution is 2.35. The number of allylic oxidation sites excluding steroid dienone is 1. The fraction of sp³-hybridized carbons (Fsp3) is 0.400. The zero-order valence-electron chi connectivity index (χ0n) is 11.0. The zero-order valence-corrected chi connectivity index (χ0v) is 11.9. The van der Waals surface area contributed by atoms with Gasteiger partial charge < -0.3 is 15.5 Å². The highest BCUT2D eigenvalue weighted by atomic mass is 32.1. The van der Waals surface area contributed by atoms with Gasteiger partial charge in [0.2, 0.25) is 0 Å². The fourth-order valence-electron chi connectivity index (χ4n) is 3.27. The molecule has 3 aliphatic heterocycles. The Morgan fingerprint density at radius 2 is 2.40 bits per heavy atom. The van der Waals surface area contributed by atoms with E-state index in [0.29, 0.717) is 6.04 Å². The molecule has 1 unspecified atom stereocenters. The number of nitrogens with one attached hydrogen (secondary N) is 2. The Kier molecular flexibility index (Phi) is 2.62. The summed E-state index contributed by atoms with van der Waals surface area (Å²) in [6, 6.07) is 7.02. The van der Waals surface area contributed by atoms with Crippen molar-refractivity contribution in [3.05, 3.63) is 46.4 Å². The van der Waals surface area contributed by atoms with E-state index in [1.54, 1.807) is 11.3 Å². The van der Waals surface area contributed by atoms with Crippen molar-refractivity contribution in [3.8, 4) is 6.07 Å². The molecule has 0 aliphatic carbocycles. The molecular formula is C15H16N4S. The maximum atomic E-state index is 9.55. The van der Waals surface area contributed by atoms with Crippen molar-refractivity contribution < 1.29 is 0 Å². The van der Waals surface area contributed by atoms with E-state index in [4.69, 9.17) is 0 Å². The highest BCUT2D eigenvalue weighted by molar-refractivity contribution is 7.10. The summed E-state index contributed by atoms with van der Waals surface area (Å²) >= 11 is 1.61. The van der Waals surface area contributed by atoms with E-state index in [1.165, 1.54) is 5.70 Å². The molecular weight excluding hydrogens is 268 g/mol. The molecule has 1 aromatic rings. The van der Waals surface area contributed by atoms with E-state index in [9.17, 15) is 5.26 Å². The van der Waals surface area contributed by atoms with Crippen LogP contribution in [0.4, 0.5) is 0 Å². The minimum Gasteiger partial charge on any atom is -0.365 e. The molecule has 2 N–H and O–H groups in total. The smallest absolute Gasteiger partial charge is 0.179 e. The number of nitriles is 1. The van der Waals surface area contributed by atoms with Gasteiger partial charge in [-0.2, -0.15) is 5.26 Å². The maximum absolute atomic E-state index is 9.55. The summed E-state index contributed by atoms with van der Waals surface area (Å²) in [6.07, 6.45) is 6.08. The predicted octanol–water partition coefficient (Wildman–Crippen LogP) is 1.37. The van der Waals surface area contributed by atoms with Crippen LogP contribution in [0.3, 0.4) is 0 Å². The van der Waals surface area contributed by atoms with Crippen LogP contribution in [0, 0.1) is 17.2 Å². The van der Waals surface area contributed by atoms with Gasteiger partial charge in [-0.3, -0.25) is 0 Å². The van der Waals surface area contributed by atoms with Crippen LogP contribution in [0.15, 0.2) is 41.6 Å². The minimum atomic E-state index is -0.699. The van der Waals surface area contributed by atoms with E-state index in [-0.39, 0.29) is 0 Å². The summed E-state index contributed by atoms with van der Waals surface area (Å²) in [4.78, 5) is 3.46. The Morgan fingerprint density at radius 1 is 1.45 bits per heavy atom. The number of thiophene rings is 1. The van der Waals surface area contributed by atoms with Gasteiger partial charge in [-0.05, 0) is 23.6 Å². The second-order valence-electron chi connectivity index (χ2n) is 5.58. The molecule has 0 saturated carbocycles. The predicted molar refractivity (Wildman–Crippen MR) is 78.8 cm³/mol. The molecule has 5 heteroatoms. The summed E-state index contributed by atoms with van der Waals surface area (Å²) in [5, 5.41) is 18.3. The zero-order chi connectivity index (χ0) is 13.6. The molecule has 3 atom stereocenters. The molecule has 0 amide bonds. The van der Waals surface area contributed by atoms with Crippen LogP contribution in [0.25, 0.3) is 0 Å². The molecule has 4 nitrogen and oxygen atoms in total. The van der Waals surface area contributed by atoms with Crippen LogP contribution < -0.4 is 10.6 Å². The number of rotatable bonds is 2. The summed E-state index contributed by atoms with van der Waals surface area (Å²) in [7, 11) is 0. The molecule has 0 aromatic carbocycles. The molecule has 4 rings (SSSR count). The number of fused-ring (bicyclic) bond motifs is 1. The van der Waals surface area contributed by atoms with E-state index < -0.39 is 5.54 Å². The van der Waals surface area contributed by atoms with Gasteiger partial charge in [0.15, 0.2) is 5.54 Å². The second kappa shape index (κ2) is 4.37. The molecule has 3 aliphatic rings. The number of hydrogen-bond donors (Lipinski definition) is 2. The lowest BCUT2D eigenvalue weighted by molar-refractivity contribution is 0.0945. The SMILES string of the molecule is N#CC1(c2cccs2)C=CC(N2C[C@@H]3CNC[C@H]32)=CN1. The van der Waals surface area contributed by atoms with Crippen molar-refractivity contribution in [1.82, 2.24) is 15.5 Å². The lowest BCUT2D eigenvalue weighted by atomic mass is 9.89. The van der Waals surface area contributed by atoms with Gasteiger partial charge in [0.1, 0.15) is 6.07 Å². The van der Waals surface area contributed by atoms with Crippen molar-refractivity contribution in [3.63, 3.8) is 0 Å². The molecule has 2 fully saturated rings. The Morgan fingerprint density at radius 3 is 3.05 bits per heavy atom. The van der Waals surface area contributed by atoms with Crippen LogP contribution in [0.2, 0.25) is 0 Å². The standard InChI is InChI=1S/C15H16N4S/c16-10-15(14-2-1-5-20-14)4-3-12(7-18-15)19-9-11-6-17-8-13(11)19/h1-5,7,11,13,17-18H,6,8-9H2/t11-,13+,15?/m0/s1. The third-order valence-corrected chi connectivity index (χ3v) is 5.51. The third-order valence-electron chi connectivity index (χ3n) is 4.51. The monoisotopic (exact) mass is 284 g/mol. The number of dihydropyridines is 1. The fourth-order valence-corrected chi connectivity index (χ4v) is 4.09. The first-order valence-corrected chi connectivity index (χ1v) is 7.80. The second-order valence-corrected chi connectivity index (χ2v) is 6.53. The van der Waals surface area contributed by atoms with Gasteiger partial charge in [-0.15, -0.1) is 11.3 Å². The minimum absolute atomic E-state index is 0.629. The summed E-state index contributed by atoms with van der Waals surface area (Å²) in [5.74, 6) is 0.796. The summed E-state index contributed by atoms with van der Waals surface area (Å²) < 4.78 is 0. The van der Waals surface area contributed by atoms with Gasteiger partial charge >= 0.3 is 0 Å². The molecule has 102 valence electrons. The van der Waals surface area contributed by atoms with Crippen LogP contribution in [0.1, 0.15) is 4.88 Å². The average Bonchev–Trinajstić information content (AvgIpc) is 3.11. The first-order valence-electron chi connectivity index (χ1n) is 6.92. The van der Waals surface area contributed by atoms with Crippen LogP contribution >= 0.6 is 11.3 Å². The van der Waals surface area contributed by atoms with Crippen LogP contribution in [-0.4, -0.2) is 30.6 Å². The van der Waals surface area contributed by atoms with E-state index in [1.807, 2.05) is 29.8 Å². The Hall–Kier alpha value is -1.77. The van der Waals surface area contributed by atoms with Crippen molar-refractivity contribution >= 4 is 11.3 Å². The first kappa shape index (κ1) is 12.0. The van der Waals surface area contributed by atoms with Gasteiger partial charge in [0, 0.05) is 42.7 Å². The van der Waals surface area contributed by atoms with E-state index in [2.05, 4.69) is 27.7 Å². The van der Waals surface area contributed by atoms with Crippen molar-refractivity contribution in [2.24, 2.45) is 5.92 Å². The Bertz CT molecular complexity index is 612.